The molecular weight excluding hydrogens is 411 g/mol. The fourth-order valence-electron chi connectivity index (χ4n) is 4.11. The standard InChI is InChI=1S/C25H23FN2O2S/c26-18-11-7-16(8-12-18)15-30-19-13-9-17(10-14-19)23-27-24(29)22-20-5-3-1-2-4-6-21(20)31-25(22)28-23/h7-14H,1-6,15H2,(H,27,28,29). The fraction of sp³-hybridized carbons (Fsp3) is 0.280. The lowest BCUT2D eigenvalue weighted by Gasteiger charge is -2.09. The Morgan fingerprint density at radius 1 is 0.968 bits per heavy atom. The minimum absolute atomic E-state index is 0.0466. The third-order valence-corrected chi connectivity index (χ3v) is 6.96. The first-order valence-electron chi connectivity index (χ1n) is 10.7. The van der Waals surface area contributed by atoms with Gasteiger partial charge < -0.3 is 9.72 Å². The molecule has 0 spiro atoms. The van der Waals surface area contributed by atoms with Crippen molar-refractivity contribution < 1.29 is 9.13 Å². The van der Waals surface area contributed by atoms with Crippen molar-refractivity contribution in [3.63, 3.8) is 0 Å². The van der Waals surface area contributed by atoms with Gasteiger partial charge in [0.25, 0.3) is 5.56 Å². The second kappa shape index (κ2) is 8.63. The summed E-state index contributed by atoms with van der Waals surface area (Å²) < 4.78 is 18.8. The van der Waals surface area contributed by atoms with E-state index in [1.807, 2.05) is 24.3 Å². The predicted octanol–water partition coefficient (Wildman–Crippen LogP) is 6.03. The van der Waals surface area contributed by atoms with Crippen molar-refractivity contribution >= 4 is 21.6 Å². The summed E-state index contributed by atoms with van der Waals surface area (Å²) in [6.45, 7) is 0.363. The normalized spacial score (nSPS) is 14.1. The van der Waals surface area contributed by atoms with Crippen molar-refractivity contribution in [1.29, 1.82) is 0 Å². The second-order valence-electron chi connectivity index (χ2n) is 7.95. The number of aromatic amines is 1. The maximum Gasteiger partial charge on any atom is 0.260 e. The quantitative estimate of drug-likeness (QED) is 0.427. The molecule has 1 aliphatic carbocycles. The maximum absolute atomic E-state index is 13.0. The van der Waals surface area contributed by atoms with Gasteiger partial charge in [0.2, 0.25) is 0 Å². The first-order chi connectivity index (χ1) is 15.2. The van der Waals surface area contributed by atoms with E-state index < -0.39 is 0 Å². The number of hydrogen-bond donors (Lipinski definition) is 1. The molecule has 4 nitrogen and oxygen atoms in total. The molecule has 0 amide bonds. The van der Waals surface area contributed by atoms with E-state index >= 15 is 0 Å². The van der Waals surface area contributed by atoms with Gasteiger partial charge in [-0.1, -0.05) is 25.0 Å². The van der Waals surface area contributed by atoms with Crippen molar-refractivity contribution in [3.05, 3.63) is 80.7 Å². The van der Waals surface area contributed by atoms with Gasteiger partial charge in [0.1, 0.15) is 28.8 Å². The van der Waals surface area contributed by atoms with Gasteiger partial charge in [0, 0.05) is 10.4 Å². The van der Waals surface area contributed by atoms with Crippen LogP contribution < -0.4 is 10.3 Å². The Morgan fingerprint density at radius 2 is 1.71 bits per heavy atom. The van der Waals surface area contributed by atoms with E-state index in [1.165, 1.54) is 41.8 Å². The molecular formula is C25H23FN2O2S. The lowest BCUT2D eigenvalue weighted by Crippen LogP contribution is -2.10. The van der Waals surface area contributed by atoms with Gasteiger partial charge in [-0.2, -0.15) is 0 Å². The highest BCUT2D eigenvalue weighted by molar-refractivity contribution is 7.18. The Morgan fingerprint density at radius 3 is 2.48 bits per heavy atom. The molecule has 0 saturated carbocycles. The molecule has 2 aromatic carbocycles. The van der Waals surface area contributed by atoms with Gasteiger partial charge >= 0.3 is 0 Å². The van der Waals surface area contributed by atoms with Crippen molar-refractivity contribution in [2.45, 2.75) is 45.1 Å². The average molecular weight is 435 g/mol. The number of aryl methyl sites for hydroxylation is 2. The number of halogens is 1. The van der Waals surface area contributed by atoms with Crippen LogP contribution in [0.1, 0.15) is 41.7 Å². The summed E-state index contributed by atoms with van der Waals surface area (Å²) in [5, 5.41) is 0.782. The van der Waals surface area contributed by atoms with Gasteiger partial charge in [-0.25, -0.2) is 9.37 Å². The lowest BCUT2D eigenvalue weighted by molar-refractivity contribution is 0.306. The Bertz CT molecular complexity index is 1260. The molecule has 0 saturated heterocycles. The van der Waals surface area contributed by atoms with Crippen molar-refractivity contribution in [2.75, 3.05) is 0 Å². The van der Waals surface area contributed by atoms with E-state index in [2.05, 4.69) is 4.98 Å². The van der Waals surface area contributed by atoms with Crippen LogP contribution in [0.3, 0.4) is 0 Å². The van der Waals surface area contributed by atoms with E-state index in [4.69, 9.17) is 9.72 Å². The monoisotopic (exact) mass is 434 g/mol. The third kappa shape index (κ3) is 4.26. The molecule has 2 aromatic heterocycles. The van der Waals surface area contributed by atoms with Crippen LogP contribution in [0, 0.1) is 5.82 Å². The van der Waals surface area contributed by atoms with Crippen LogP contribution in [0.4, 0.5) is 4.39 Å². The molecule has 0 bridgehead atoms. The zero-order valence-corrected chi connectivity index (χ0v) is 17.9. The Kier molecular flexibility index (Phi) is 5.55. The zero-order valence-electron chi connectivity index (χ0n) is 17.1. The van der Waals surface area contributed by atoms with Crippen LogP contribution in [0.2, 0.25) is 0 Å². The topological polar surface area (TPSA) is 55.0 Å². The molecule has 31 heavy (non-hydrogen) atoms. The molecule has 2 heterocycles. The summed E-state index contributed by atoms with van der Waals surface area (Å²) in [4.78, 5) is 22.9. The first-order valence-corrected chi connectivity index (χ1v) is 11.5. The van der Waals surface area contributed by atoms with Gasteiger partial charge in [0.15, 0.2) is 0 Å². The highest BCUT2D eigenvalue weighted by Crippen LogP contribution is 2.33. The number of nitrogens with zero attached hydrogens (tertiary/aromatic N) is 1. The van der Waals surface area contributed by atoms with Crippen molar-refractivity contribution in [2.24, 2.45) is 0 Å². The summed E-state index contributed by atoms with van der Waals surface area (Å²) in [5.41, 5.74) is 2.91. The molecule has 5 rings (SSSR count). The summed E-state index contributed by atoms with van der Waals surface area (Å²) in [5.74, 6) is 1.02. The smallest absolute Gasteiger partial charge is 0.260 e. The highest BCUT2D eigenvalue weighted by Gasteiger charge is 2.18. The largest absolute Gasteiger partial charge is 0.489 e. The molecule has 0 atom stereocenters. The lowest BCUT2D eigenvalue weighted by atomic mass is 9.98. The summed E-state index contributed by atoms with van der Waals surface area (Å²) >= 11 is 1.67. The molecule has 0 radical (unpaired) electrons. The zero-order chi connectivity index (χ0) is 21.2. The number of benzene rings is 2. The van der Waals surface area contributed by atoms with Crippen LogP contribution in [-0.2, 0) is 19.4 Å². The number of rotatable bonds is 4. The predicted molar refractivity (Wildman–Crippen MR) is 122 cm³/mol. The average Bonchev–Trinajstić information content (AvgIpc) is 3.10. The summed E-state index contributed by atoms with van der Waals surface area (Å²) in [7, 11) is 0. The number of aromatic nitrogens is 2. The number of H-pyrrole nitrogens is 1. The maximum atomic E-state index is 13.0. The molecule has 4 aromatic rings. The SMILES string of the molecule is O=c1[nH]c(-c2ccc(OCc3ccc(F)cc3)cc2)nc2sc3c(c12)CCCCCC3. The third-order valence-electron chi connectivity index (χ3n) is 5.77. The van der Waals surface area contributed by atoms with E-state index in [-0.39, 0.29) is 11.4 Å². The molecule has 6 heteroatoms. The number of hydrogen-bond acceptors (Lipinski definition) is 4. The number of nitrogens with one attached hydrogen (secondary N) is 1. The number of ether oxygens (including phenoxy) is 1. The van der Waals surface area contributed by atoms with Gasteiger partial charge in [-0.05, 0) is 73.2 Å². The Labute approximate surface area is 183 Å². The van der Waals surface area contributed by atoms with Crippen LogP contribution in [0.15, 0.2) is 53.3 Å². The van der Waals surface area contributed by atoms with Gasteiger partial charge in [-0.15, -0.1) is 11.3 Å². The van der Waals surface area contributed by atoms with Crippen LogP contribution in [0.5, 0.6) is 5.75 Å². The van der Waals surface area contributed by atoms with Crippen molar-refractivity contribution in [1.82, 2.24) is 9.97 Å². The molecule has 0 unspecified atom stereocenters. The van der Waals surface area contributed by atoms with Crippen LogP contribution >= 0.6 is 11.3 Å². The molecule has 1 N–H and O–H groups in total. The van der Waals surface area contributed by atoms with E-state index in [0.29, 0.717) is 18.2 Å². The molecule has 0 fully saturated rings. The van der Waals surface area contributed by atoms with E-state index in [1.54, 1.807) is 23.5 Å². The summed E-state index contributed by atoms with van der Waals surface area (Å²) in [6.07, 6.45) is 6.84. The minimum atomic E-state index is -0.260. The number of thiophene rings is 1. The van der Waals surface area contributed by atoms with Crippen molar-refractivity contribution in [3.8, 4) is 17.1 Å². The van der Waals surface area contributed by atoms with Gasteiger partial charge in [-0.3, -0.25) is 4.79 Å². The molecule has 158 valence electrons. The summed E-state index contributed by atoms with van der Waals surface area (Å²) in [6, 6.07) is 13.8. The molecule has 1 aliphatic rings. The minimum Gasteiger partial charge on any atom is -0.489 e. The first kappa shape index (κ1) is 19.9. The van der Waals surface area contributed by atoms with Crippen LogP contribution in [-0.4, -0.2) is 9.97 Å². The Hall–Kier alpha value is -2.99. The highest BCUT2D eigenvalue weighted by atomic mass is 32.1. The van der Waals surface area contributed by atoms with Crippen LogP contribution in [0.25, 0.3) is 21.6 Å². The van der Waals surface area contributed by atoms with E-state index in [0.717, 1.165) is 40.6 Å². The number of fused-ring (bicyclic) bond motifs is 3. The Balaban J connectivity index is 1.38. The molecule has 0 aliphatic heterocycles. The van der Waals surface area contributed by atoms with E-state index in [9.17, 15) is 9.18 Å². The van der Waals surface area contributed by atoms with Gasteiger partial charge in [0.05, 0.1) is 5.39 Å². The second-order valence-corrected chi connectivity index (χ2v) is 9.04. The fourth-order valence-corrected chi connectivity index (χ4v) is 5.37.